The third-order valence-electron chi connectivity index (χ3n) is 3.05. The average Bonchev–Trinajstić information content (AvgIpc) is 2.44. The fourth-order valence-electron chi connectivity index (χ4n) is 1.99. The summed E-state index contributed by atoms with van der Waals surface area (Å²) in [5, 5.41) is 2.78. The Labute approximate surface area is 130 Å². The molecule has 0 unspecified atom stereocenters. The lowest BCUT2D eigenvalue weighted by molar-refractivity contribution is -0.152. The summed E-state index contributed by atoms with van der Waals surface area (Å²) in [7, 11) is 0. The Morgan fingerprint density at radius 3 is 2.64 bits per heavy atom. The van der Waals surface area contributed by atoms with E-state index in [1.54, 1.807) is 13.0 Å². The number of amides is 1. The number of para-hydroxylation sites is 1. The molecule has 1 amide bonds. The predicted octanol–water partition coefficient (Wildman–Crippen LogP) is 2.31. The SMILES string of the molecule is C[C@H](OC(=O)C1=Cc2ccccc2OC1)C(=O)NC(C)(C)C. The highest BCUT2D eigenvalue weighted by Gasteiger charge is 2.25. The van der Waals surface area contributed by atoms with Gasteiger partial charge in [-0.25, -0.2) is 4.79 Å². The number of esters is 1. The van der Waals surface area contributed by atoms with Crippen molar-refractivity contribution in [2.75, 3.05) is 6.61 Å². The van der Waals surface area contributed by atoms with Crippen LogP contribution >= 0.6 is 0 Å². The van der Waals surface area contributed by atoms with E-state index in [0.717, 1.165) is 11.3 Å². The minimum atomic E-state index is -0.857. The monoisotopic (exact) mass is 303 g/mol. The van der Waals surface area contributed by atoms with Crippen LogP contribution in [0.25, 0.3) is 6.08 Å². The summed E-state index contributed by atoms with van der Waals surface area (Å²) in [6.45, 7) is 7.30. The molecule has 0 aromatic heterocycles. The Balaban J connectivity index is 2.01. The standard InChI is InChI=1S/C17H21NO4/c1-11(15(19)18-17(2,3)4)22-16(20)13-9-12-7-5-6-8-14(12)21-10-13/h5-9,11H,10H2,1-4H3,(H,18,19)/t11-/m0/s1. The average molecular weight is 303 g/mol. The number of rotatable bonds is 3. The number of carbonyl (C=O) groups is 2. The van der Waals surface area contributed by atoms with Crippen LogP contribution in [-0.4, -0.2) is 30.1 Å². The van der Waals surface area contributed by atoms with Crippen LogP contribution in [0.3, 0.4) is 0 Å². The van der Waals surface area contributed by atoms with Gasteiger partial charge in [-0.2, -0.15) is 0 Å². The molecule has 0 fully saturated rings. The van der Waals surface area contributed by atoms with E-state index in [1.807, 2.05) is 45.0 Å². The van der Waals surface area contributed by atoms with Crippen molar-refractivity contribution >= 4 is 18.0 Å². The van der Waals surface area contributed by atoms with Crippen LogP contribution in [0, 0.1) is 0 Å². The highest BCUT2D eigenvalue weighted by atomic mass is 16.6. The highest BCUT2D eigenvalue weighted by Crippen LogP contribution is 2.26. The second kappa shape index (κ2) is 6.22. The van der Waals surface area contributed by atoms with Crippen molar-refractivity contribution in [1.29, 1.82) is 0 Å². The first-order valence-corrected chi connectivity index (χ1v) is 7.22. The first-order valence-electron chi connectivity index (χ1n) is 7.22. The third kappa shape index (κ3) is 4.10. The minimum Gasteiger partial charge on any atom is -0.488 e. The number of nitrogens with one attached hydrogen (secondary N) is 1. The number of ether oxygens (including phenoxy) is 2. The van der Waals surface area contributed by atoms with Gasteiger partial charge in [-0.15, -0.1) is 0 Å². The van der Waals surface area contributed by atoms with Crippen molar-refractivity contribution in [2.45, 2.75) is 39.3 Å². The summed E-state index contributed by atoms with van der Waals surface area (Å²) < 4.78 is 10.7. The van der Waals surface area contributed by atoms with Crippen LogP contribution in [0.2, 0.25) is 0 Å². The molecule has 0 spiro atoms. The lowest BCUT2D eigenvalue weighted by Crippen LogP contribution is -2.46. The van der Waals surface area contributed by atoms with E-state index < -0.39 is 12.1 Å². The minimum absolute atomic E-state index is 0.142. The number of benzene rings is 1. The zero-order valence-electron chi connectivity index (χ0n) is 13.3. The van der Waals surface area contributed by atoms with Crippen molar-refractivity contribution in [3.63, 3.8) is 0 Å². The molecule has 118 valence electrons. The number of fused-ring (bicyclic) bond motifs is 1. The summed E-state index contributed by atoms with van der Waals surface area (Å²) in [6.07, 6.45) is 0.875. The largest absolute Gasteiger partial charge is 0.488 e. The molecule has 1 aromatic carbocycles. The van der Waals surface area contributed by atoms with Gasteiger partial charge in [-0.1, -0.05) is 18.2 Å². The van der Waals surface area contributed by atoms with E-state index in [0.29, 0.717) is 5.57 Å². The Hall–Kier alpha value is -2.30. The van der Waals surface area contributed by atoms with Gasteiger partial charge < -0.3 is 14.8 Å². The summed E-state index contributed by atoms with van der Waals surface area (Å²) in [4.78, 5) is 24.1. The Bertz CT molecular complexity index is 613. The molecule has 22 heavy (non-hydrogen) atoms. The maximum Gasteiger partial charge on any atom is 0.338 e. The molecule has 1 aliphatic heterocycles. The summed E-state index contributed by atoms with van der Waals surface area (Å²) in [5.74, 6) is -0.123. The van der Waals surface area contributed by atoms with Gasteiger partial charge in [0.1, 0.15) is 12.4 Å². The zero-order chi connectivity index (χ0) is 16.3. The van der Waals surface area contributed by atoms with E-state index in [1.165, 1.54) is 0 Å². The fourth-order valence-corrected chi connectivity index (χ4v) is 1.99. The molecule has 1 aliphatic rings. The quantitative estimate of drug-likeness (QED) is 0.870. The second-order valence-corrected chi connectivity index (χ2v) is 6.28. The lowest BCUT2D eigenvalue weighted by atomic mass is 10.1. The molecule has 0 saturated heterocycles. The number of carbonyl (C=O) groups excluding carboxylic acids is 2. The van der Waals surface area contributed by atoms with Gasteiger partial charge >= 0.3 is 5.97 Å². The van der Waals surface area contributed by atoms with Crippen LogP contribution in [-0.2, 0) is 14.3 Å². The summed E-state index contributed by atoms with van der Waals surface area (Å²) >= 11 is 0. The van der Waals surface area contributed by atoms with Gasteiger partial charge in [-0.05, 0) is 39.8 Å². The second-order valence-electron chi connectivity index (χ2n) is 6.28. The van der Waals surface area contributed by atoms with Crippen molar-refractivity contribution in [2.24, 2.45) is 0 Å². The fraction of sp³-hybridized carbons (Fsp3) is 0.412. The first kappa shape index (κ1) is 16.1. The van der Waals surface area contributed by atoms with E-state index in [2.05, 4.69) is 5.32 Å². The number of hydrogen-bond donors (Lipinski definition) is 1. The van der Waals surface area contributed by atoms with Gasteiger partial charge in [0.15, 0.2) is 6.10 Å². The van der Waals surface area contributed by atoms with Crippen molar-refractivity contribution in [3.8, 4) is 5.75 Å². The molecule has 5 nitrogen and oxygen atoms in total. The Morgan fingerprint density at radius 1 is 1.27 bits per heavy atom. The molecule has 1 atom stereocenters. The molecule has 1 N–H and O–H groups in total. The van der Waals surface area contributed by atoms with Gasteiger partial charge in [0.25, 0.3) is 5.91 Å². The van der Waals surface area contributed by atoms with Crippen LogP contribution in [0.1, 0.15) is 33.3 Å². The molecule has 2 rings (SSSR count). The van der Waals surface area contributed by atoms with Crippen LogP contribution in [0.15, 0.2) is 29.8 Å². The smallest absolute Gasteiger partial charge is 0.338 e. The van der Waals surface area contributed by atoms with Crippen molar-refractivity contribution < 1.29 is 19.1 Å². The normalized spacial score (nSPS) is 15.0. The van der Waals surface area contributed by atoms with E-state index in [9.17, 15) is 9.59 Å². The Kier molecular flexibility index (Phi) is 4.54. The van der Waals surface area contributed by atoms with Crippen LogP contribution < -0.4 is 10.1 Å². The van der Waals surface area contributed by atoms with Crippen molar-refractivity contribution in [1.82, 2.24) is 5.32 Å². The highest BCUT2D eigenvalue weighted by molar-refractivity contribution is 5.96. The molecule has 0 saturated carbocycles. The maximum atomic E-state index is 12.1. The Morgan fingerprint density at radius 2 is 1.95 bits per heavy atom. The molecular formula is C17H21NO4. The van der Waals surface area contributed by atoms with Crippen LogP contribution in [0.4, 0.5) is 0 Å². The number of hydrogen-bond acceptors (Lipinski definition) is 4. The summed E-state index contributed by atoms with van der Waals surface area (Å²) in [5.41, 5.74) is 0.853. The van der Waals surface area contributed by atoms with E-state index >= 15 is 0 Å². The van der Waals surface area contributed by atoms with E-state index in [-0.39, 0.29) is 18.1 Å². The van der Waals surface area contributed by atoms with E-state index in [4.69, 9.17) is 9.47 Å². The third-order valence-corrected chi connectivity index (χ3v) is 3.05. The molecule has 0 radical (unpaired) electrons. The predicted molar refractivity (Wildman–Crippen MR) is 83.4 cm³/mol. The molecule has 0 aliphatic carbocycles. The van der Waals surface area contributed by atoms with Gasteiger partial charge in [0.05, 0.1) is 5.57 Å². The molecule has 0 bridgehead atoms. The molecule has 1 heterocycles. The van der Waals surface area contributed by atoms with Gasteiger partial charge in [-0.3, -0.25) is 4.79 Å². The maximum absolute atomic E-state index is 12.1. The van der Waals surface area contributed by atoms with Gasteiger partial charge in [0.2, 0.25) is 0 Å². The topological polar surface area (TPSA) is 64.6 Å². The molecular weight excluding hydrogens is 282 g/mol. The van der Waals surface area contributed by atoms with Gasteiger partial charge in [0, 0.05) is 11.1 Å². The molecule has 5 heteroatoms. The van der Waals surface area contributed by atoms with Crippen molar-refractivity contribution in [3.05, 3.63) is 35.4 Å². The van der Waals surface area contributed by atoms with Crippen LogP contribution in [0.5, 0.6) is 5.75 Å². The lowest BCUT2D eigenvalue weighted by Gasteiger charge is -2.24. The molecule has 1 aromatic rings. The summed E-state index contributed by atoms with van der Waals surface area (Å²) in [6, 6.07) is 7.44. The first-order chi connectivity index (χ1) is 10.3. The zero-order valence-corrected chi connectivity index (χ0v) is 13.3.